The molecule has 0 radical (unpaired) electrons. The molecular weight excluding hydrogens is 569 g/mol. The van der Waals surface area contributed by atoms with Crippen molar-refractivity contribution in [1.82, 2.24) is 9.38 Å². The largest absolute Gasteiger partial charge is 0.291 e. The lowest BCUT2D eigenvalue weighted by Gasteiger charge is -2.13. The van der Waals surface area contributed by atoms with Crippen LogP contribution in [-0.4, -0.2) is 9.38 Å². The smallest absolute Gasteiger partial charge is 0.146 e. The van der Waals surface area contributed by atoms with Gasteiger partial charge >= 0.3 is 0 Å². The Hall–Kier alpha value is -5.99. The summed E-state index contributed by atoms with van der Waals surface area (Å²) >= 11 is 0. The minimum absolute atomic E-state index is 0.970. The lowest BCUT2D eigenvalue weighted by molar-refractivity contribution is 1.27. The molecule has 2 heteroatoms. The van der Waals surface area contributed by atoms with Crippen molar-refractivity contribution in [3.63, 3.8) is 0 Å². The summed E-state index contributed by atoms with van der Waals surface area (Å²) in [5, 5.41) is 3.56. The Bertz CT molecular complexity index is 2430. The van der Waals surface area contributed by atoms with Gasteiger partial charge in [-0.2, -0.15) is 0 Å². The van der Waals surface area contributed by atoms with Crippen molar-refractivity contribution in [2.24, 2.45) is 0 Å². The first-order valence-electron chi connectivity index (χ1n) is 16.1. The van der Waals surface area contributed by atoms with Gasteiger partial charge in [-0.1, -0.05) is 152 Å². The number of imidazole rings is 1. The van der Waals surface area contributed by atoms with Crippen LogP contribution in [0.4, 0.5) is 0 Å². The first-order chi connectivity index (χ1) is 23.2. The summed E-state index contributed by atoms with van der Waals surface area (Å²) in [6.07, 6.45) is 4.42. The Morgan fingerprint density at radius 1 is 0.468 bits per heavy atom. The topological polar surface area (TPSA) is 17.3 Å². The lowest BCUT2D eigenvalue weighted by Crippen LogP contribution is -1.94. The molecule has 0 unspecified atom stereocenters. The minimum Gasteiger partial charge on any atom is -0.291 e. The highest BCUT2D eigenvalue weighted by molar-refractivity contribution is 6.14. The highest BCUT2D eigenvalue weighted by atomic mass is 15.0. The molecule has 6 aromatic carbocycles. The van der Waals surface area contributed by atoms with Gasteiger partial charge in [0.25, 0.3) is 0 Å². The Morgan fingerprint density at radius 3 is 1.70 bits per heavy atom. The number of benzene rings is 6. The first-order valence-corrected chi connectivity index (χ1v) is 16.1. The van der Waals surface area contributed by atoms with Crippen LogP contribution in [0.2, 0.25) is 0 Å². The van der Waals surface area contributed by atoms with Crippen LogP contribution in [0.3, 0.4) is 0 Å². The molecule has 0 atom stereocenters. The number of para-hydroxylation sites is 1. The van der Waals surface area contributed by atoms with Gasteiger partial charge in [-0.05, 0) is 70.8 Å². The quantitative estimate of drug-likeness (QED) is 0.137. The molecule has 0 spiro atoms. The van der Waals surface area contributed by atoms with Gasteiger partial charge < -0.3 is 0 Å². The zero-order valence-electron chi connectivity index (χ0n) is 26.6. The van der Waals surface area contributed by atoms with Gasteiger partial charge in [-0.15, -0.1) is 0 Å². The number of rotatable bonds is 6. The van der Waals surface area contributed by atoms with Gasteiger partial charge in [0.05, 0.1) is 16.9 Å². The predicted octanol–water partition coefficient (Wildman–Crippen LogP) is 12.1. The van der Waals surface area contributed by atoms with Crippen LogP contribution in [0, 0.1) is 0 Å². The third-order valence-corrected chi connectivity index (χ3v) is 9.15. The van der Waals surface area contributed by atoms with Crippen molar-refractivity contribution in [3.8, 4) is 33.6 Å². The number of hydrogen-bond donors (Lipinski definition) is 0. The van der Waals surface area contributed by atoms with Crippen molar-refractivity contribution < 1.29 is 0 Å². The Morgan fingerprint density at radius 2 is 1.02 bits per heavy atom. The SMILES string of the molecule is C/C(=C\C=C(/C)c1ccc(-c2ccc3c(c2)c2ccccc2n2c(-c4ccccc4)c(-c4ccccc4)nc32)cc1)c1ccccc1. The van der Waals surface area contributed by atoms with Crippen LogP contribution in [0.25, 0.3) is 72.1 Å². The van der Waals surface area contributed by atoms with E-state index in [-0.39, 0.29) is 0 Å². The molecule has 47 heavy (non-hydrogen) atoms. The van der Waals surface area contributed by atoms with Crippen LogP contribution in [0.1, 0.15) is 25.0 Å². The van der Waals surface area contributed by atoms with E-state index in [2.05, 4.69) is 188 Å². The molecule has 8 aromatic rings. The molecule has 0 fully saturated rings. The van der Waals surface area contributed by atoms with E-state index in [1.54, 1.807) is 0 Å². The summed E-state index contributed by atoms with van der Waals surface area (Å²) in [5.41, 5.74) is 13.8. The van der Waals surface area contributed by atoms with Crippen LogP contribution >= 0.6 is 0 Å². The molecule has 0 saturated carbocycles. The maximum absolute atomic E-state index is 5.37. The molecule has 2 nitrogen and oxygen atoms in total. The molecule has 0 saturated heterocycles. The maximum Gasteiger partial charge on any atom is 0.146 e. The number of nitrogens with zero attached hydrogens (tertiary/aromatic N) is 2. The van der Waals surface area contributed by atoms with E-state index in [0.29, 0.717) is 0 Å². The standard InChI is InChI=1S/C45H34N2/c1-31(33-14-6-3-7-15-33)22-23-32(2)34-24-26-35(27-25-34)38-28-29-40-41(30-38)39-20-12-13-21-42(39)47-44(37-18-10-5-11-19-37)43(46-45(40)47)36-16-8-4-9-17-36/h3-30H,1-2H3/b31-22+,32-23+. The zero-order valence-corrected chi connectivity index (χ0v) is 26.6. The maximum atomic E-state index is 5.37. The Kier molecular flexibility index (Phi) is 7.32. The van der Waals surface area contributed by atoms with Crippen molar-refractivity contribution in [3.05, 3.63) is 181 Å². The lowest BCUT2D eigenvalue weighted by atomic mass is 9.97. The van der Waals surface area contributed by atoms with Gasteiger partial charge in [-0.3, -0.25) is 4.40 Å². The van der Waals surface area contributed by atoms with E-state index in [9.17, 15) is 0 Å². The summed E-state index contributed by atoms with van der Waals surface area (Å²) in [6, 6.07) is 56.1. The van der Waals surface area contributed by atoms with E-state index in [0.717, 1.165) is 39.1 Å². The van der Waals surface area contributed by atoms with E-state index in [1.165, 1.54) is 44.2 Å². The van der Waals surface area contributed by atoms with Crippen LogP contribution < -0.4 is 0 Å². The fourth-order valence-electron chi connectivity index (χ4n) is 6.60. The highest BCUT2D eigenvalue weighted by Crippen LogP contribution is 2.40. The number of aromatic nitrogens is 2. The zero-order chi connectivity index (χ0) is 31.7. The third-order valence-electron chi connectivity index (χ3n) is 9.15. The van der Waals surface area contributed by atoms with Gasteiger partial charge in [0, 0.05) is 21.9 Å². The van der Waals surface area contributed by atoms with Crippen LogP contribution in [0.15, 0.2) is 170 Å². The molecule has 2 aromatic heterocycles. The van der Waals surface area contributed by atoms with E-state index >= 15 is 0 Å². The average molecular weight is 603 g/mol. The fourth-order valence-corrected chi connectivity index (χ4v) is 6.60. The second-order valence-electron chi connectivity index (χ2n) is 12.1. The normalized spacial score (nSPS) is 12.3. The summed E-state index contributed by atoms with van der Waals surface area (Å²) in [5.74, 6) is 0. The van der Waals surface area contributed by atoms with Crippen molar-refractivity contribution in [2.75, 3.05) is 0 Å². The molecule has 0 aliphatic heterocycles. The third kappa shape index (κ3) is 5.24. The van der Waals surface area contributed by atoms with E-state index in [4.69, 9.17) is 4.98 Å². The second kappa shape index (κ2) is 12.1. The molecule has 2 heterocycles. The minimum atomic E-state index is 0.970. The molecule has 0 aliphatic carbocycles. The monoisotopic (exact) mass is 602 g/mol. The molecule has 0 amide bonds. The van der Waals surface area contributed by atoms with Crippen LogP contribution in [0.5, 0.6) is 0 Å². The second-order valence-corrected chi connectivity index (χ2v) is 12.1. The number of hydrogen-bond acceptors (Lipinski definition) is 1. The summed E-state index contributed by atoms with van der Waals surface area (Å²) in [6.45, 7) is 4.34. The molecule has 8 rings (SSSR count). The van der Waals surface area contributed by atoms with E-state index < -0.39 is 0 Å². The molecule has 0 N–H and O–H groups in total. The van der Waals surface area contributed by atoms with Gasteiger partial charge in [0.2, 0.25) is 0 Å². The molecule has 0 aliphatic rings. The molecular formula is C45H34N2. The average Bonchev–Trinajstić information content (AvgIpc) is 3.56. The highest BCUT2D eigenvalue weighted by Gasteiger charge is 2.20. The van der Waals surface area contributed by atoms with Gasteiger partial charge in [0.1, 0.15) is 5.65 Å². The summed E-state index contributed by atoms with van der Waals surface area (Å²) in [4.78, 5) is 5.37. The number of pyridine rings is 1. The summed E-state index contributed by atoms with van der Waals surface area (Å²) < 4.78 is 2.35. The van der Waals surface area contributed by atoms with Gasteiger partial charge in [-0.25, -0.2) is 4.98 Å². The van der Waals surface area contributed by atoms with Crippen molar-refractivity contribution >= 4 is 38.5 Å². The summed E-state index contributed by atoms with van der Waals surface area (Å²) in [7, 11) is 0. The Labute approximate surface area is 275 Å². The fraction of sp³-hybridized carbons (Fsp3) is 0.0444. The first kappa shape index (κ1) is 28.5. The number of allylic oxidation sites excluding steroid dienone is 4. The van der Waals surface area contributed by atoms with Crippen molar-refractivity contribution in [2.45, 2.75) is 13.8 Å². The predicted molar refractivity (Wildman–Crippen MR) is 200 cm³/mol. The van der Waals surface area contributed by atoms with E-state index in [1.807, 2.05) is 0 Å². The molecule has 224 valence electrons. The molecule has 0 bridgehead atoms. The van der Waals surface area contributed by atoms with Gasteiger partial charge in [0.15, 0.2) is 0 Å². The number of fused-ring (bicyclic) bond motifs is 6. The van der Waals surface area contributed by atoms with Crippen molar-refractivity contribution in [1.29, 1.82) is 0 Å². The van der Waals surface area contributed by atoms with Crippen LogP contribution in [-0.2, 0) is 0 Å². The Balaban J connectivity index is 1.25.